The van der Waals surface area contributed by atoms with Gasteiger partial charge in [0.15, 0.2) is 0 Å². The lowest BCUT2D eigenvalue weighted by molar-refractivity contribution is 0.0595. The van der Waals surface area contributed by atoms with Crippen molar-refractivity contribution in [2.75, 3.05) is 51.3 Å². The number of carbonyl (C=O) groups is 1. The molecule has 0 saturated carbocycles. The summed E-state index contributed by atoms with van der Waals surface area (Å²) >= 11 is 0. The molecular formula is C28H36N4O2. The average molecular weight is 461 g/mol. The van der Waals surface area contributed by atoms with Crippen LogP contribution in [0.5, 0.6) is 5.75 Å². The first kappa shape index (κ1) is 22.8. The van der Waals surface area contributed by atoms with E-state index >= 15 is 0 Å². The molecule has 0 unspecified atom stereocenters. The van der Waals surface area contributed by atoms with Crippen LogP contribution < -0.4 is 9.64 Å². The van der Waals surface area contributed by atoms with Gasteiger partial charge in [-0.15, -0.1) is 0 Å². The lowest BCUT2D eigenvalue weighted by Gasteiger charge is -2.37. The van der Waals surface area contributed by atoms with Gasteiger partial charge in [0.1, 0.15) is 5.75 Å². The number of carbonyl (C=O) groups excluding carboxylic acids is 1. The Bertz CT molecular complexity index is 1120. The van der Waals surface area contributed by atoms with Gasteiger partial charge < -0.3 is 19.1 Å². The molecule has 0 bridgehead atoms. The molecule has 2 fully saturated rings. The summed E-state index contributed by atoms with van der Waals surface area (Å²) in [6.45, 7) is 10.0. The van der Waals surface area contributed by atoms with E-state index in [2.05, 4.69) is 64.7 Å². The molecule has 0 radical (unpaired) electrons. The lowest BCUT2D eigenvalue weighted by Crippen LogP contribution is -2.50. The average Bonchev–Trinajstić information content (AvgIpc) is 3.32. The maximum Gasteiger partial charge on any atom is 0.253 e. The van der Waals surface area contributed by atoms with Crippen LogP contribution in [0, 0.1) is 0 Å². The molecular weight excluding hydrogens is 424 g/mol. The van der Waals surface area contributed by atoms with Gasteiger partial charge in [-0.1, -0.05) is 0 Å². The topological polar surface area (TPSA) is 41.0 Å². The number of benzene rings is 2. The van der Waals surface area contributed by atoms with Gasteiger partial charge in [-0.2, -0.15) is 0 Å². The van der Waals surface area contributed by atoms with Crippen LogP contribution in [0.3, 0.4) is 0 Å². The van der Waals surface area contributed by atoms with Gasteiger partial charge in [0.25, 0.3) is 5.91 Å². The summed E-state index contributed by atoms with van der Waals surface area (Å²) in [7, 11) is 1.70. The highest BCUT2D eigenvalue weighted by Gasteiger charge is 2.25. The fourth-order valence-corrected chi connectivity index (χ4v) is 5.43. The van der Waals surface area contributed by atoms with Crippen LogP contribution in [0.2, 0.25) is 0 Å². The number of ether oxygens (including phenoxy) is 1. The molecule has 0 spiro atoms. The quantitative estimate of drug-likeness (QED) is 0.555. The number of fused-ring (bicyclic) bond motifs is 1. The fourth-order valence-electron chi connectivity index (χ4n) is 5.43. The molecule has 180 valence electrons. The van der Waals surface area contributed by atoms with Gasteiger partial charge in [-0.3, -0.25) is 9.69 Å². The number of piperazine rings is 1. The standard InChI is InChI=1S/C28H36N4O2/c1-21(2)29-16-18-31(19-17-29)28(33)23-4-9-27-22(20-23)10-15-32(27)25-11-13-30(14-12-25)24-5-7-26(34-3)8-6-24/h4-10,15,20-21,25H,11-14,16-19H2,1-3H3. The highest BCUT2D eigenvalue weighted by atomic mass is 16.5. The summed E-state index contributed by atoms with van der Waals surface area (Å²) in [5.41, 5.74) is 3.29. The Balaban J connectivity index is 1.24. The molecule has 34 heavy (non-hydrogen) atoms. The normalized spacial score (nSPS) is 18.1. The van der Waals surface area contributed by atoms with Gasteiger partial charge in [0.2, 0.25) is 0 Å². The molecule has 2 aliphatic heterocycles. The second-order valence-electron chi connectivity index (χ2n) is 9.83. The van der Waals surface area contributed by atoms with Crippen LogP contribution in [0.25, 0.3) is 10.9 Å². The molecule has 2 aromatic carbocycles. The highest BCUT2D eigenvalue weighted by Crippen LogP contribution is 2.31. The minimum Gasteiger partial charge on any atom is -0.497 e. The van der Waals surface area contributed by atoms with Crippen molar-refractivity contribution >= 4 is 22.5 Å². The summed E-state index contributed by atoms with van der Waals surface area (Å²) in [6.07, 6.45) is 4.42. The third kappa shape index (κ3) is 4.51. The second-order valence-corrected chi connectivity index (χ2v) is 9.83. The number of anilines is 1. The largest absolute Gasteiger partial charge is 0.497 e. The summed E-state index contributed by atoms with van der Waals surface area (Å²) in [5.74, 6) is 1.05. The third-order valence-electron chi connectivity index (χ3n) is 7.59. The van der Waals surface area contributed by atoms with Crippen LogP contribution in [0.4, 0.5) is 5.69 Å². The first-order valence-electron chi connectivity index (χ1n) is 12.6. The highest BCUT2D eigenvalue weighted by molar-refractivity contribution is 5.98. The minimum atomic E-state index is 0.158. The van der Waals surface area contributed by atoms with Gasteiger partial charge in [0, 0.05) is 79.7 Å². The van der Waals surface area contributed by atoms with Crippen molar-refractivity contribution in [1.82, 2.24) is 14.4 Å². The number of hydrogen-bond acceptors (Lipinski definition) is 4. The minimum absolute atomic E-state index is 0.158. The molecule has 0 N–H and O–H groups in total. The van der Waals surface area contributed by atoms with Crippen LogP contribution in [0.1, 0.15) is 43.1 Å². The number of amides is 1. The summed E-state index contributed by atoms with van der Waals surface area (Å²) in [6, 6.07) is 17.8. The van der Waals surface area contributed by atoms with Crippen LogP contribution in [-0.2, 0) is 0 Å². The van der Waals surface area contributed by atoms with E-state index in [1.165, 1.54) is 11.2 Å². The summed E-state index contributed by atoms with van der Waals surface area (Å²) < 4.78 is 7.70. The smallest absolute Gasteiger partial charge is 0.253 e. The van der Waals surface area contributed by atoms with Crippen LogP contribution in [0.15, 0.2) is 54.7 Å². The van der Waals surface area contributed by atoms with Crippen molar-refractivity contribution in [3.63, 3.8) is 0 Å². The molecule has 2 saturated heterocycles. The number of piperidine rings is 1. The van der Waals surface area contributed by atoms with Crippen molar-refractivity contribution in [2.45, 2.75) is 38.8 Å². The monoisotopic (exact) mass is 460 g/mol. The van der Waals surface area contributed by atoms with Crippen molar-refractivity contribution in [1.29, 1.82) is 0 Å². The molecule has 0 atom stereocenters. The Hall–Kier alpha value is -2.99. The summed E-state index contributed by atoms with van der Waals surface area (Å²) in [5, 5.41) is 1.16. The maximum absolute atomic E-state index is 13.1. The molecule has 1 amide bonds. The molecule has 1 aromatic heterocycles. The second kappa shape index (κ2) is 9.71. The fraction of sp³-hybridized carbons (Fsp3) is 0.464. The van der Waals surface area contributed by atoms with E-state index in [1.54, 1.807) is 7.11 Å². The first-order valence-corrected chi connectivity index (χ1v) is 12.6. The Morgan fingerprint density at radius 1 is 0.912 bits per heavy atom. The zero-order valence-electron chi connectivity index (χ0n) is 20.6. The van der Waals surface area contributed by atoms with E-state index < -0.39 is 0 Å². The van der Waals surface area contributed by atoms with E-state index in [4.69, 9.17) is 4.74 Å². The molecule has 2 aliphatic rings. The van der Waals surface area contributed by atoms with Crippen molar-refractivity contribution in [3.05, 3.63) is 60.3 Å². The zero-order valence-corrected chi connectivity index (χ0v) is 20.6. The van der Waals surface area contributed by atoms with Crippen LogP contribution in [-0.4, -0.2) is 72.7 Å². The van der Waals surface area contributed by atoms with Gasteiger partial charge in [0.05, 0.1) is 7.11 Å². The number of hydrogen-bond donors (Lipinski definition) is 0. The number of rotatable bonds is 5. The van der Waals surface area contributed by atoms with E-state index in [9.17, 15) is 4.79 Å². The molecule has 3 aromatic rings. The van der Waals surface area contributed by atoms with Crippen molar-refractivity contribution in [2.24, 2.45) is 0 Å². The third-order valence-corrected chi connectivity index (χ3v) is 7.59. The Kier molecular flexibility index (Phi) is 6.50. The molecule has 0 aliphatic carbocycles. The Morgan fingerprint density at radius 3 is 2.26 bits per heavy atom. The van der Waals surface area contributed by atoms with E-state index in [0.717, 1.165) is 68.8 Å². The predicted molar refractivity (Wildman–Crippen MR) is 138 cm³/mol. The number of methoxy groups -OCH3 is 1. The van der Waals surface area contributed by atoms with E-state index in [0.29, 0.717) is 12.1 Å². The van der Waals surface area contributed by atoms with Crippen molar-refractivity contribution < 1.29 is 9.53 Å². The number of nitrogens with zero attached hydrogens (tertiary/aromatic N) is 4. The molecule has 6 heteroatoms. The predicted octanol–water partition coefficient (Wildman–Crippen LogP) is 4.66. The molecule has 3 heterocycles. The SMILES string of the molecule is COc1ccc(N2CCC(n3ccc4cc(C(=O)N5CCN(C(C)C)CC5)ccc43)CC2)cc1. The first-order chi connectivity index (χ1) is 16.5. The number of aromatic nitrogens is 1. The Morgan fingerprint density at radius 2 is 1.62 bits per heavy atom. The maximum atomic E-state index is 13.1. The molecule has 6 nitrogen and oxygen atoms in total. The van der Waals surface area contributed by atoms with E-state index in [-0.39, 0.29) is 5.91 Å². The van der Waals surface area contributed by atoms with Gasteiger partial charge in [-0.25, -0.2) is 0 Å². The van der Waals surface area contributed by atoms with E-state index in [1.807, 2.05) is 23.1 Å². The van der Waals surface area contributed by atoms with Crippen molar-refractivity contribution in [3.8, 4) is 5.75 Å². The zero-order chi connectivity index (χ0) is 23.7. The Labute approximate surface area is 202 Å². The van der Waals surface area contributed by atoms with Gasteiger partial charge >= 0.3 is 0 Å². The summed E-state index contributed by atoms with van der Waals surface area (Å²) in [4.78, 5) is 20.0. The van der Waals surface area contributed by atoms with Gasteiger partial charge in [-0.05, 0) is 75.2 Å². The lowest BCUT2D eigenvalue weighted by atomic mass is 10.0. The van der Waals surface area contributed by atoms with Crippen LogP contribution >= 0.6 is 0 Å². The molecule has 5 rings (SSSR count).